The van der Waals surface area contributed by atoms with Crippen molar-refractivity contribution < 1.29 is 13.9 Å². The van der Waals surface area contributed by atoms with Gasteiger partial charge in [-0.2, -0.15) is 0 Å². The molecule has 20 heavy (non-hydrogen) atoms. The zero-order valence-corrected chi connectivity index (χ0v) is 13.1. The van der Waals surface area contributed by atoms with Gasteiger partial charge in [-0.3, -0.25) is 9.69 Å². The summed E-state index contributed by atoms with van der Waals surface area (Å²) in [6, 6.07) is 3.91. The minimum Gasteiger partial charge on any atom is -0.444 e. The van der Waals surface area contributed by atoms with Gasteiger partial charge in [0.1, 0.15) is 0 Å². The Morgan fingerprint density at radius 3 is 2.70 bits per heavy atom. The summed E-state index contributed by atoms with van der Waals surface area (Å²) in [7, 11) is 0. The number of hydrogen-bond donors (Lipinski definition) is 0. The number of carbonyl (C=O) groups is 1. The first kappa shape index (κ1) is 14.1. The van der Waals surface area contributed by atoms with Gasteiger partial charge in [0, 0.05) is 32.2 Å². The molecule has 0 aliphatic carbocycles. The number of morpholine rings is 1. The van der Waals surface area contributed by atoms with Crippen molar-refractivity contribution in [3.05, 3.63) is 22.6 Å². The van der Waals surface area contributed by atoms with Gasteiger partial charge in [0.2, 0.25) is 0 Å². The maximum Gasteiger partial charge on any atom is 0.289 e. The number of nitrogens with zero attached hydrogens (tertiary/aromatic N) is 2. The van der Waals surface area contributed by atoms with Crippen LogP contribution in [0, 0.1) is 5.92 Å². The topological polar surface area (TPSA) is 45.9 Å². The van der Waals surface area contributed by atoms with E-state index < -0.39 is 0 Å². The Morgan fingerprint density at radius 2 is 2.05 bits per heavy atom. The number of ether oxygens (including phenoxy) is 1. The van der Waals surface area contributed by atoms with Gasteiger partial charge in [-0.25, -0.2) is 0 Å². The number of amides is 1. The molecular formula is C14H19BrN2O3. The van der Waals surface area contributed by atoms with Gasteiger partial charge in [0.15, 0.2) is 10.4 Å². The highest BCUT2D eigenvalue weighted by Crippen LogP contribution is 2.25. The highest BCUT2D eigenvalue weighted by atomic mass is 79.9. The van der Waals surface area contributed by atoms with Crippen LogP contribution in [0.3, 0.4) is 0 Å². The van der Waals surface area contributed by atoms with Crippen LogP contribution in [0.15, 0.2) is 21.2 Å². The first-order chi connectivity index (χ1) is 9.65. The first-order valence-corrected chi connectivity index (χ1v) is 7.81. The second-order valence-corrected chi connectivity index (χ2v) is 6.29. The molecule has 6 heteroatoms. The highest BCUT2D eigenvalue weighted by Gasteiger charge is 2.37. The minimum atomic E-state index is -0.0155. The summed E-state index contributed by atoms with van der Waals surface area (Å²) in [5.74, 6) is 0.875. The molecule has 2 fully saturated rings. The van der Waals surface area contributed by atoms with Crippen LogP contribution in [0.2, 0.25) is 0 Å². The Hall–Kier alpha value is -0.850. The molecule has 2 aliphatic heterocycles. The summed E-state index contributed by atoms with van der Waals surface area (Å²) >= 11 is 3.24. The normalized spacial score (nSPS) is 28.0. The lowest BCUT2D eigenvalue weighted by Gasteiger charge is -2.33. The number of halogens is 1. The third-order valence-corrected chi connectivity index (χ3v) is 4.58. The zero-order chi connectivity index (χ0) is 14.1. The van der Waals surface area contributed by atoms with Crippen LogP contribution in [-0.2, 0) is 4.74 Å². The summed E-state index contributed by atoms with van der Waals surface area (Å²) in [6.07, 6.45) is 0. The minimum absolute atomic E-state index is 0.0155. The van der Waals surface area contributed by atoms with Gasteiger partial charge in [-0.15, -0.1) is 0 Å². The summed E-state index contributed by atoms with van der Waals surface area (Å²) in [6.45, 7) is 7.29. The molecule has 110 valence electrons. The molecule has 1 aromatic rings. The summed E-state index contributed by atoms with van der Waals surface area (Å²) in [5, 5.41) is 0. The van der Waals surface area contributed by atoms with Crippen LogP contribution in [0.5, 0.6) is 0 Å². The standard InChI is InChI=1S/C14H19BrN2O3/c1-10-8-17(14(18)12-2-3-13(15)20-12)9-11(10)16-4-6-19-7-5-16/h2-3,10-11H,4-9H2,1H3. The molecule has 0 aromatic carbocycles. The van der Waals surface area contributed by atoms with Crippen LogP contribution in [0.25, 0.3) is 0 Å². The molecule has 3 rings (SSSR count). The van der Waals surface area contributed by atoms with Crippen LogP contribution in [0.1, 0.15) is 17.5 Å². The zero-order valence-electron chi connectivity index (χ0n) is 11.5. The van der Waals surface area contributed by atoms with Crippen LogP contribution < -0.4 is 0 Å². The Kier molecular flexibility index (Phi) is 4.14. The van der Waals surface area contributed by atoms with E-state index >= 15 is 0 Å². The lowest BCUT2D eigenvalue weighted by atomic mass is 10.0. The van der Waals surface area contributed by atoms with Gasteiger partial charge in [0.05, 0.1) is 13.2 Å². The number of carbonyl (C=O) groups excluding carboxylic acids is 1. The van der Waals surface area contributed by atoms with E-state index in [4.69, 9.17) is 9.15 Å². The van der Waals surface area contributed by atoms with Crippen molar-refractivity contribution in [1.82, 2.24) is 9.80 Å². The maximum absolute atomic E-state index is 12.4. The van der Waals surface area contributed by atoms with E-state index in [-0.39, 0.29) is 5.91 Å². The molecule has 2 aliphatic rings. The quantitative estimate of drug-likeness (QED) is 0.822. The van der Waals surface area contributed by atoms with Gasteiger partial charge in [0.25, 0.3) is 5.91 Å². The molecule has 0 saturated carbocycles. The van der Waals surface area contributed by atoms with Crippen LogP contribution in [-0.4, -0.2) is 61.1 Å². The van der Waals surface area contributed by atoms with E-state index in [9.17, 15) is 4.79 Å². The van der Waals surface area contributed by atoms with E-state index in [2.05, 4.69) is 27.8 Å². The smallest absolute Gasteiger partial charge is 0.289 e. The lowest BCUT2D eigenvalue weighted by molar-refractivity contribution is 0.0119. The number of likely N-dealkylation sites (tertiary alicyclic amines) is 1. The SMILES string of the molecule is CC1CN(C(=O)c2ccc(Br)o2)CC1N1CCOCC1. The molecular weight excluding hydrogens is 324 g/mol. The van der Waals surface area contributed by atoms with Gasteiger partial charge in [-0.1, -0.05) is 6.92 Å². The van der Waals surface area contributed by atoms with Crippen molar-refractivity contribution >= 4 is 21.8 Å². The molecule has 0 N–H and O–H groups in total. The lowest BCUT2D eigenvalue weighted by Crippen LogP contribution is -2.47. The highest BCUT2D eigenvalue weighted by molar-refractivity contribution is 9.10. The van der Waals surface area contributed by atoms with E-state index in [0.29, 0.717) is 22.4 Å². The van der Waals surface area contributed by atoms with Crippen molar-refractivity contribution in [3.8, 4) is 0 Å². The maximum atomic E-state index is 12.4. The molecule has 1 aromatic heterocycles. The van der Waals surface area contributed by atoms with Crippen molar-refractivity contribution in [2.75, 3.05) is 39.4 Å². The van der Waals surface area contributed by atoms with Crippen molar-refractivity contribution in [2.45, 2.75) is 13.0 Å². The third-order valence-electron chi connectivity index (χ3n) is 4.16. The van der Waals surface area contributed by atoms with E-state index in [1.165, 1.54) is 0 Å². The molecule has 0 bridgehead atoms. The Labute approximate surface area is 127 Å². The third kappa shape index (κ3) is 2.77. The molecule has 5 nitrogen and oxygen atoms in total. The Bertz CT molecular complexity index is 485. The van der Waals surface area contributed by atoms with Gasteiger partial charge < -0.3 is 14.1 Å². The van der Waals surface area contributed by atoms with E-state index in [1.807, 2.05) is 4.90 Å². The summed E-state index contributed by atoms with van der Waals surface area (Å²) < 4.78 is 11.4. The molecule has 0 radical (unpaired) electrons. The largest absolute Gasteiger partial charge is 0.444 e. The number of furan rings is 1. The number of rotatable bonds is 2. The Morgan fingerprint density at radius 1 is 1.30 bits per heavy atom. The molecule has 2 saturated heterocycles. The average Bonchev–Trinajstić information content (AvgIpc) is 3.05. The Balaban J connectivity index is 1.66. The molecule has 1 amide bonds. The van der Waals surface area contributed by atoms with Gasteiger partial charge in [-0.05, 0) is 34.0 Å². The second-order valence-electron chi connectivity index (χ2n) is 5.51. The predicted molar refractivity (Wildman–Crippen MR) is 77.7 cm³/mol. The van der Waals surface area contributed by atoms with Crippen LogP contribution >= 0.6 is 15.9 Å². The van der Waals surface area contributed by atoms with Crippen molar-refractivity contribution in [2.24, 2.45) is 5.92 Å². The molecule has 3 heterocycles. The number of hydrogen-bond acceptors (Lipinski definition) is 4. The summed E-state index contributed by atoms with van der Waals surface area (Å²) in [4.78, 5) is 16.7. The fourth-order valence-electron chi connectivity index (χ4n) is 3.08. The first-order valence-electron chi connectivity index (χ1n) is 7.01. The second kappa shape index (κ2) is 5.87. The van der Waals surface area contributed by atoms with E-state index in [1.54, 1.807) is 12.1 Å². The van der Waals surface area contributed by atoms with E-state index in [0.717, 1.165) is 39.4 Å². The molecule has 2 atom stereocenters. The van der Waals surface area contributed by atoms with Crippen molar-refractivity contribution in [3.63, 3.8) is 0 Å². The predicted octanol–water partition coefficient (Wildman–Crippen LogP) is 1.83. The monoisotopic (exact) mass is 342 g/mol. The van der Waals surface area contributed by atoms with Crippen molar-refractivity contribution in [1.29, 1.82) is 0 Å². The molecule has 0 spiro atoms. The van der Waals surface area contributed by atoms with Gasteiger partial charge >= 0.3 is 0 Å². The summed E-state index contributed by atoms with van der Waals surface area (Å²) in [5.41, 5.74) is 0. The molecule has 2 unspecified atom stereocenters. The fourth-order valence-corrected chi connectivity index (χ4v) is 3.39. The fraction of sp³-hybridized carbons (Fsp3) is 0.643. The van der Waals surface area contributed by atoms with Crippen LogP contribution in [0.4, 0.5) is 0 Å². The average molecular weight is 343 g/mol.